The summed E-state index contributed by atoms with van der Waals surface area (Å²) in [6.07, 6.45) is 5.89. The summed E-state index contributed by atoms with van der Waals surface area (Å²) in [5.41, 5.74) is 6.47. The molecule has 2 aromatic heterocycles. The van der Waals surface area contributed by atoms with Crippen molar-refractivity contribution in [3.8, 4) is 5.69 Å². The topological polar surface area (TPSA) is 33.2 Å². The van der Waals surface area contributed by atoms with E-state index in [-0.39, 0.29) is 0 Å². The Balaban J connectivity index is 1.63. The third kappa shape index (κ3) is 3.19. The van der Waals surface area contributed by atoms with Crippen LogP contribution in [-0.4, -0.2) is 47.3 Å². The van der Waals surface area contributed by atoms with Crippen molar-refractivity contribution in [3.63, 3.8) is 0 Å². The van der Waals surface area contributed by atoms with Crippen molar-refractivity contribution < 1.29 is 4.74 Å². The van der Waals surface area contributed by atoms with E-state index >= 15 is 0 Å². The van der Waals surface area contributed by atoms with Gasteiger partial charge in [-0.1, -0.05) is 0 Å². The van der Waals surface area contributed by atoms with Crippen molar-refractivity contribution in [2.45, 2.75) is 39.2 Å². The van der Waals surface area contributed by atoms with Crippen molar-refractivity contribution in [2.75, 3.05) is 26.8 Å². The molecule has 1 saturated heterocycles. The average Bonchev–Trinajstić information content (AvgIpc) is 3.33. The summed E-state index contributed by atoms with van der Waals surface area (Å²) < 4.78 is 7.62. The van der Waals surface area contributed by atoms with Crippen LogP contribution in [0.3, 0.4) is 0 Å². The first-order chi connectivity index (χ1) is 12.7. The smallest absolute Gasteiger partial charge is 0.0589 e. The van der Waals surface area contributed by atoms with Crippen LogP contribution in [0.5, 0.6) is 0 Å². The Morgan fingerprint density at radius 1 is 1.15 bits per heavy atom. The second-order valence-electron chi connectivity index (χ2n) is 7.52. The third-order valence-electron chi connectivity index (χ3n) is 5.82. The van der Waals surface area contributed by atoms with Gasteiger partial charge >= 0.3 is 0 Å². The lowest BCUT2D eigenvalue weighted by molar-refractivity contribution is 0.141. The van der Waals surface area contributed by atoms with Gasteiger partial charge in [0.25, 0.3) is 0 Å². The molecule has 1 N–H and O–H groups in total. The number of nitrogens with one attached hydrogen (secondary N) is 1. The van der Waals surface area contributed by atoms with E-state index in [4.69, 9.17) is 4.74 Å². The highest BCUT2D eigenvalue weighted by Gasteiger charge is 2.25. The molecule has 1 aromatic carbocycles. The number of nitrogens with zero attached hydrogens (tertiary/aromatic N) is 2. The number of ether oxygens (including phenoxy) is 1. The molecule has 0 bridgehead atoms. The summed E-state index contributed by atoms with van der Waals surface area (Å²) in [5.74, 6) is 0. The molecule has 3 heterocycles. The Labute approximate surface area is 155 Å². The van der Waals surface area contributed by atoms with E-state index in [9.17, 15) is 0 Å². The van der Waals surface area contributed by atoms with Gasteiger partial charge in [-0.3, -0.25) is 4.90 Å². The summed E-state index contributed by atoms with van der Waals surface area (Å²) >= 11 is 0. The van der Waals surface area contributed by atoms with Gasteiger partial charge in [0.05, 0.1) is 6.61 Å². The fourth-order valence-electron chi connectivity index (χ4n) is 4.43. The van der Waals surface area contributed by atoms with Crippen molar-refractivity contribution in [1.29, 1.82) is 0 Å². The maximum Gasteiger partial charge on any atom is 0.0589 e. The predicted octanol–water partition coefficient (Wildman–Crippen LogP) is 4.23. The van der Waals surface area contributed by atoms with Gasteiger partial charge in [0.15, 0.2) is 0 Å². The summed E-state index contributed by atoms with van der Waals surface area (Å²) in [7, 11) is 1.79. The first-order valence-electron chi connectivity index (χ1n) is 9.65. The van der Waals surface area contributed by atoms with Crippen LogP contribution in [0.25, 0.3) is 16.6 Å². The number of benzene rings is 1. The lowest BCUT2D eigenvalue weighted by Crippen LogP contribution is -2.33. The van der Waals surface area contributed by atoms with Crippen molar-refractivity contribution >= 4 is 10.9 Å². The lowest BCUT2D eigenvalue weighted by Gasteiger charge is -2.24. The number of rotatable bonds is 6. The largest absolute Gasteiger partial charge is 0.383 e. The third-order valence-corrected chi connectivity index (χ3v) is 5.82. The number of fused-ring (bicyclic) bond motifs is 1. The van der Waals surface area contributed by atoms with Crippen molar-refractivity contribution in [2.24, 2.45) is 0 Å². The van der Waals surface area contributed by atoms with Crippen LogP contribution in [0.1, 0.15) is 29.8 Å². The highest BCUT2D eigenvalue weighted by Crippen LogP contribution is 2.28. The molecule has 1 aliphatic rings. The predicted molar refractivity (Wildman–Crippen MR) is 107 cm³/mol. The molecule has 138 valence electrons. The van der Waals surface area contributed by atoms with E-state index in [1.165, 1.54) is 52.9 Å². The molecule has 0 saturated carbocycles. The Morgan fingerprint density at radius 3 is 2.73 bits per heavy atom. The fourth-order valence-corrected chi connectivity index (χ4v) is 4.43. The highest BCUT2D eigenvalue weighted by atomic mass is 16.5. The normalized spacial score (nSPS) is 18.2. The number of hydrogen-bond acceptors (Lipinski definition) is 2. The zero-order valence-electron chi connectivity index (χ0n) is 16.1. The van der Waals surface area contributed by atoms with Gasteiger partial charge in [0.2, 0.25) is 0 Å². The molecule has 1 atom stereocenters. The van der Waals surface area contributed by atoms with Gasteiger partial charge in [-0.15, -0.1) is 0 Å². The Hall–Kier alpha value is -2.04. The van der Waals surface area contributed by atoms with Crippen LogP contribution >= 0.6 is 0 Å². The van der Waals surface area contributed by atoms with Gasteiger partial charge in [-0.05, 0) is 75.5 Å². The minimum Gasteiger partial charge on any atom is -0.383 e. The standard InChI is InChI=1S/C22H29N3O/c1-16-6-7-17(2)25(16)20-8-9-22-21(14-20)18(15-23-22)13-19-5-4-10-24(19)11-12-26-3/h6-9,14-15,19,23H,4-5,10-13H2,1-3H3/t19-/m1/s1. The zero-order chi connectivity index (χ0) is 18.1. The average molecular weight is 351 g/mol. The lowest BCUT2D eigenvalue weighted by atomic mass is 10.0. The summed E-state index contributed by atoms with van der Waals surface area (Å²) in [6.45, 7) is 7.39. The van der Waals surface area contributed by atoms with E-state index < -0.39 is 0 Å². The van der Waals surface area contributed by atoms with Gasteiger partial charge in [0.1, 0.15) is 0 Å². The number of H-pyrrole nitrogens is 1. The van der Waals surface area contributed by atoms with Crippen LogP contribution < -0.4 is 0 Å². The Morgan fingerprint density at radius 2 is 1.96 bits per heavy atom. The second-order valence-corrected chi connectivity index (χ2v) is 7.52. The minimum absolute atomic E-state index is 0.628. The number of likely N-dealkylation sites (tertiary alicyclic amines) is 1. The molecular weight excluding hydrogens is 322 g/mol. The Kier molecular flexibility index (Phi) is 4.88. The van der Waals surface area contributed by atoms with Gasteiger partial charge in [-0.2, -0.15) is 0 Å². The van der Waals surface area contributed by atoms with Crippen LogP contribution in [-0.2, 0) is 11.2 Å². The molecular formula is C22H29N3O. The second kappa shape index (κ2) is 7.29. The molecule has 3 aromatic rings. The molecule has 4 nitrogen and oxygen atoms in total. The maximum absolute atomic E-state index is 5.29. The monoisotopic (exact) mass is 351 g/mol. The molecule has 26 heavy (non-hydrogen) atoms. The fraction of sp³-hybridized carbons (Fsp3) is 0.455. The number of methoxy groups -OCH3 is 1. The summed E-state index contributed by atoms with van der Waals surface area (Å²) in [4.78, 5) is 6.06. The molecule has 0 amide bonds. The number of hydrogen-bond donors (Lipinski definition) is 1. The molecule has 1 aliphatic heterocycles. The summed E-state index contributed by atoms with van der Waals surface area (Å²) in [5, 5.41) is 1.36. The molecule has 0 aliphatic carbocycles. The van der Waals surface area contributed by atoms with Crippen molar-refractivity contribution in [3.05, 3.63) is 53.5 Å². The van der Waals surface area contributed by atoms with Gasteiger partial charge in [0, 0.05) is 53.9 Å². The molecule has 0 unspecified atom stereocenters. The Bertz CT molecular complexity index is 873. The summed E-state index contributed by atoms with van der Waals surface area (Å²) in [6, 6.07) is 11.8. The number of aromatic amines is 1. The quantitative estimate of drug-likeness (QED) is 0.721. The molecule has 4 rings (SSSR count). The SMILES string of the molecule is COCCN1CCC[C@@H]1Cc1c[nH]c2ccc(-n3c(C)ccc3C)cc12. The van der Waals surface area contributed by atoms with E-state index in [0.29, 0.717) is 6.04 Å². The zero-order valence-corrected chi connectivity index (χ0v) is 16.1. The van der Waals surface area contributed by atoms with Crippen LogP contribution in [0, 0.1) is 13.8 Å². The van der Waals surface area contributed by atoms with E-state index in [2.05, 4.69) is 64.8 Å². The molecule has 0 spiro atoms. The highest BCUT2D eigenvalue weighted by molar-refractivity contribution is 5.85. The number of aryl methyl sites for hydroxylation is 2. The van der Waals surface area contributed by atoms with Crippen LogP contribution in [0.15, 0.2) is 36.5 Å². The number of aromatic nitrogens is 2. The molecule has 0 radical (unpaired) electrons. The van der Waals surface area contributed by atoms with Gasteiger partial charge in [-0.25, -0.2) is 0 Å². The van der Waals surface area contributed by atoms with Gasteiger partial charge < -0.3 is 14.3 Å². The minimum atomic E-state index is 0.628. The molecule has 1 fully saturated rings. The van der Waals surface area contributed by atoms with E-state index in [1.807, 2.05) is 0 Å². The van der Waals surface area contributed by atoms with E-state index in [1.54, 1.807) is 7.11 Å². The van der Waals surface area contributed by atoms with Crippen LogP contribution in [0.4, 0.5) is 0 Å². The van der Waals surface area contributed by atoms with Crippen LogP contribution in [0.2, 0.25) is 0 Å². The van der Waals surface area contributed by atoms with Crippen molar-refractivity contribution in [1.82, 2.24) is 14.5 Å². The first kappa shape index (κ1) is 17.4. The molecule has 4 heteroatoms. The maximum atomic E-state index is 5.29. The van der Waals surface area contributed by atoms with E-state index in [0.717, 1.165) is 19.6 Å². The first-order valence-corrected chi connectivity index (χ1v) is 9.65.